The Bertz CT molecular complexity index is 383. The number of hydrogen-bond acceptors (Lipinski definition) is 4. The zero-order valence-corrected chi connectivity index (χ0v) is 13.3. The first-order valence-corrected chi connectivity index (χ1v) is 7.93. The molecule has 3 atom stereocenters. The van der Waals surface area contributed by atoms with Gasteiger partial charge in [-0.05, 0) is 20.8 Å². The predicted octanol–water partition coefficient (Wildman–Crippen LogP) is 0.0559. The third-order valence-corrected chi connectivity index (χ3v) is 5.31. The molecule has 0 aromatic heterocycles. The van der Waals surface area contributed by atoms with Crippen LogP contribution in [0.4, 0.5) is 0 Å². The molecule has 1 N–H and O–H groups in total. The van der Waals surface area contributed by atoms with Crippen molar-refractivity contribution in [2.75, 3.05) is 32.7 Å². The number of morpholine rings is 1. The van der Waals surface area contributed by atoms with Gasteiger partial charge in [0.25, 0.3) is 10.2 Å². The SMILES string of the molecule is CC1CN(S(=O)(=O)N2CCN[C@@H](C)C2)CC(C)O1.Cl. The fourth-order valence-corrected chi connectivity index (χ4v) is 4.45. The minimum atomic E-state index is -3.34. The van der Waals surface area contributed by atoms with Crippen molar-refractivity contribution in [1.82, 2.24) is 13.9 Å². The summed E-state index contributed by atoms with van der Waals surface area (Å²) in [4.78, 5) is 0. The van der Waals surface area contributed by atoms with Crippen LogP contribution >= 0.6 is 12.4 Å². The van der Waals surface area contributed by atoms with E-state index in [1.165, 1.54) is 0 Å². The van der Waals surface area contributed by atoms with Crippen molar-refractivity contribution in [2.24, 2.45) is 0 Å². The molecule has 2 heterocycles. The van der Waals surface area contributed by atoms with Gasteiger partial charge in [-0.25, -0.2) is 0 Å². The highest BCUT2D eigenvalue weighted by atomic mass is 35.5. The fourth-order valence-electron chi connectivity index (χ4n) is 2.59. The van der Waals surface area contributed by atoms with Gasteiger partial charge in [-0.1, -0.05) is 0 Å². The fraction of sp³-hybridized carbons (Fsp3) is 1.00. The van der Waals surface area contributed by atoms with Crippen LogP contribution in [0.3, 0.4) is 0 Å². The Balaban J connectivity index is 0.00000180. The molecule has 2 unspecified atom stereocenters. The van der Waals surface area contributed by atoms with Crippen molar-refractivity contribution in [3.8, 4) is 0 Å². The van der Waals surface area contributed by atoms with Gasteiger partial charge in [0.05, 0.1) is 12.2 Å². The molecule has 0 bridgehead atoms. The van der Waals surface area contributed by atoms with Crippen LogP contribution in [-0.4, -0.2) is 68.0 Å². The van der Waals surface area contributed by atoms with E-state index in [1.54, 1.807) is 8.61 Å². The molecule has 2 aliphatic rings. The Morgan fingerprint density at radius 3 is 2.16 bits per heavy atom. The summed E-state index contributed by atoms with van der Waals surface area (Å²) in [6.07, 6.45) is -0.0762. The molecule has 114 valence electrons. The molecule has 0 amide bonds. The van der Waals surface area contributed by atoms with Crippen LogP contribution in [0.25, 0.3) is 0 Å². The van der Waals surface area contributed by atoms with Crippen LogP contribution < -0.4 is 5.32 Å². The van der Waals surface area contributed by atoms with Crippen LogP contribution in [0.2, 0.25) is 0 Å². The zero-order valence-electron chi connectivity index (χ0n) is 11.7. The highest BCUT2D eigenvalue weighted by molar-refractivity contribution is 7.86. The summed E-state index contributed by atoms with van der Waals surface area (Å²) in [5.74, 6) is 0. The molecule has 0 aromatic carbocycles. The maximum absolute atomic E-state index is 12.5. The average molecular weight is 314 g/mol. The Hall–Kier alpha value is 0.0800. The van der Waals surface area contributed by atoms with Crippen LogP contribution in [0.15, 0.2) is 0 Å². The molecule has 0 saturated carbocycles. The minimum Gasteiger partial charge on any atom is -0.373 e. The Morgan fingerprint density at radius 1 is 1.05 bits per heavy atom. The first-order valence-electron chi connectivity index (χ1n) is 6.53. The third kappa shape index (κ3) is 4.03. The number of rotatable bonds is 2. The number of hydrogen-bond donors (Lipinski definition) is 1. The number of ether oxygens (including phenoxy) is 1. The van der Waals surface area contributed by atoms with E-state index in [2.05, 4.69) is 5.32 Å². The van der Waals surface area contributed by atoms with E-state index in [9.17, 15) is 8.42 Å². The smallest absolute Gasteiger partial charge is 0.282 e. The van der Waals surface area contributed by atoms with Crippen LogP contribution in [0.5, 0.6) is 0 Å². The summed E-state index contributed by atoms with van der Waals surface area (Å²) in [5, 5.41) is 3.26. The lowest BCUT2D eigenvalue weighted by Crippen LogP contribution is -2.58. The van der Waals surface area contributed by atoms with Gasteiger partial charge in [0.2, 0.25) is 0 Å². The number of halogens is 1. The second-order valence-electron chi connectivity index (χ2n) is 5.30. The number of nitrogens with zero attached hydrogens (tertiary/aromatic N) is 2. The predicted molar refractivity (Wildman–Crippen MR) is 76.8 cm³/mol. The van der Waals surface area contributed by atoms with Gasteiger partial charge in [0.1, 0.15) is 0 Å². The molecule has 19 heavy (non-hydrogen) atoms. The molecule has 8 heteroatoms. The zero-order chi connectivity index (χ0) is 13.3. The molecule has 0 radical (unpaired) electrons. The highest BCUT2D eigenvalue weighted by Gasteiger charge is 2.36. The molecule has 2 fully saturated rings. The second-order valence-corrected chi connectivity index (χ2v) is 7.22. The summed E-state index contributed by atoms with van der Waals surface area (Å²) in [6.45, 7) is 8.55. The minimum absolute atomic E-state index is 0. The summed E-state index contributed by atoms with van der Waals surface area (Å²) in [6, 6.07) is 0.212. The molecule has 0 aliphatic carbocycles. The maximum atomic E-state index is 12.5. The third-order valence-electron chi connectivity index (χ3n) is 3.37. The lowest BCUT2D eigenvalue weighted by molar-refractivity contribution is -0.0456. The van der Waals surface area contributed by atoms with Gasteiger partial charge < -0.3 is 10.1 Å². The molecule has 2 rings (SSSR count). The Labute approximate surface area is 122 Å². The average Bonchev–Trinajstić information content (AvgIpc) is 2.27. The van der Waals surface area contributed by atoms with Gasteiger partial charge in [-0.2, -0.15) is 17.0 Å². The van der Waals surface area contributed by atoms with Crippen molar-refractivity contribution in [3.05, 3.63) is 0 Å². The first kappa shape index (κ1) is 17.1. The highest BCUT2D eigenvalue weighted by Crippen LogP contribution is 2.18. The van der Waals surface area contributed by atoms with E-state index in [0.29, 0.717) is 26.2 Å². The van der Waals surface area contributed by atoms with Gasteiger partial charge in [0.15, 0.2) is 0 Å². The Kier molecular flexibility index (Phi) is 6.03. The Morgan fingerprint density at radius 2 is 1.63 bits per heavy atom. The quantitative estimate of drug-likeness (QED) is 0.783. The van der Waals surface area contributed by atoms with E-state index >= 15 is 0 Å². The van der Waals surface area contributed by atoms with E-state index in [-0.39, 0.29) is 30.7 Å². The number of piperazine rings is 1. The standard InChI is InChI=1S/C11H23N3O3S.ClH/c1-9-6-13(5-4-12-9)18(15,16)14-7-10(2)17-11(3)8-14;/h9-12H,4-8H2,1-3H3;1H/t9-,10?,11?;/m0./s1. The van der Waals surface area contributed by atoms with Crippen LogP contribution in [0, 0.1) is 0 Å². The summed E-state index contributed by atoms with van der Waals surface area (Å²) >= 11 is 0. The topological polar surface area (TPSA) is 61.9 Å². The monoisotopic (exact) mass is 313 g/mol. The molecule has 6 nitrogen and oxygen atoms in total. The molecular formula is C11H24ClN3O3S. The van der Waals surface area contributed by atoms with Crippen molar-refractivity contribution in [1.29, 1.82) is 0 Å². The van der Waals surface area contributed by atoms with Crippen molar-refractivity contribution >= 4 is 22.6 Å². The summed E-state index contributed by atoms with van der Waals surface area (Å²) in [7, 11) is -3.34. The van der Waals surface area contributed by atoms with Gasteiger partial charge in [-0.15, -0.1) is 12.4 Å². The van der Waals surface area contributed by atoms with E-state index < -0.39 is 10.2 Å². The summed E-state index contributed by atoms with van der Waals surface area (Å²) < 4.78 is 33.8. The van der Waals surface area contributed by atoms with Crippen molar-refractivity contribution < 1.29 is 13.2 Å². The normalized spacial score (nSPS) is 34.8. The van der Waals surface area contributed by atoms with Gasteiger partial charge in [-0.3, -0.25) is 0 Å². The van der Waals surface area contributed by atoms with E-state index in [0.717, 1.165) is 6.54 Å². The van der Waals surface area contributed by atoms with Crippen LogP contribution in [-0.2, 0) is 14.9 Å². The van der Waals surface area contributed by atoms with Crippen molar-refractivity contribution in [3.63, 3.8) is 0 Å². The summed E-state index contributed by atoms with van der Waals surface area (Å²) in [5.41, 5.74) is 0. The lowest BCUT2D eigenvalue weighted by Gasteiger charge is -2.39. The van der Waals surface area contributed by atoms with Crippen LogP contribution in [0.1, 0.15) is 20.8 Å². The number of nitrogens with one attached hydrogen (secondary N) is 1. The molecular weight excluding hydrogens is 290 g/mol. The maximum Gasteiger partial charge on any atom is 0.282 e. The van der Waals surface area contributed by atoms with E-state index in [1.807, 2.05) is 20.8 Å². The van der Waals surface area contributed by atoms with E-state index in [4.69, 9.17) is 4.74 Å². The van der Waals surface area contributed by atoms with Gasteiger partial charge >= 0.3 is 0 Å². The second kappa shape index (κ2) is 6.69. The molecule has 0 spiro atoms. The van der Waals surface area contributed by atoms with Crippen molar-refractivity contribution in [2.45, 2.75) is 39.0 Å². The largest absolute Gasteiger partial charge is 0.373 e. The lowest BCUT2D eigenvalue weighted by atomic mass is 10.3. The molecule has 2 aliphatic heterocycles. The van der Waals surface area contributed by atoms with Gasteiger partial charge in [0, 0.05) is 38.8 Å². The molecule has 2 saturated heterocycles. The first-order chi connectivity index (χ1) is 8.39. The molecule has 0 aromatic rings.